The number of hydrogen-bond donors (Lipinski definition) is 2. The van der Waals surface area contributed by atoms with Gasteiger partial charge in [0.1, 0.15) is 18.2 Å². The topological polar surface area (TPSA) is 82.2 Å². The Morgan fingerprint density at radius 1 is 1.42 bits per heavy atom. The predicted molar refractivity (Wildman–Crippen MR) is 91.5 cm³/mol. The Bertz CT molecular complexity index is 677. The van der Waals surface area contributed by atoms with Crippen molar-refractivity contribution in [3.8, 4) is 5.75 Å². The van der Waals surface area contributed by atoms with Crippen molar-refractivity contribution in [1.82, 2.24) is 14.9 Å². The van der Waals surface area contributed by atoms with Crippen LogP contribution in [0.15, 0.2) is 36.7 Å². The molecule has 2 aromatic rings. The first-order valence-corrected chi connectivity index (χ1v) is 8.35. The number of carbonyl (C=O) groups is 1. The lowest BCUT2D eigenvalue weighted by Gasteiger charge is -2.18. The minimum atomic E-state index is 0.00432. The molecular formula is C18H24N4O2. The number of benzene rings is 1. The first-order valence-electron chi connectivity index (χ1n) is 8.35. The second kappa shape index (κ2) is 7.49. The zero-order valence-electron chi connectivity index (χ0n) is 13.9. The summed E-state index contributed by atoms with van der Waals surface area (Å²) in [4.78, 5) is 16.8. The third-order valence-corrected chi connectivity index (χ3v) is 4.22. The van der Waals surface area contributed by atoms with Gasteiger partial charge in [0.25, 0.3) is 0 Å². The number of carbonyl (C=O) groups excluding carboxylic acids is 1. The normalized spacial score (nSPS) is 15.1. The fourth-order valence-corrected chi connectivity index (χ4v) is 2.79. The summed E-state index contributed by atoms with van der Waals surface area (Å²) in [6, 6.07) is 7.58. The molecule has 1 aliphatic rings. The molecule has 3 rings (SSSR count). The lowest BCUT2D eigenvalue weighted by atomic mass is 10.1. The van der Waals surface area contributed by atoms with Crippen molar-refractivity contribution in [2.45, 2.75) is 25.3 Å². The number of nitrogens with one attached hydrogen (secondary N) is 1. The monoisotopic (exact) mass is 328 g/mol. The Morgan fingerprint density at radius 2 is 2.17 bits per heavy atom. The van der Waals surface area contributed by atoms with Gasteiger partial charge in [0.2, 0.25) is 5.91 Å². The summed E-state index contributed by atoms with van der Waals surface area (Å²) in [5, 5.41) is 3.15. The van der Waals surface area contributed by atoms with E-state index < -0.39 is 0 Å². The maximum Gasteiger partial charge on any atom is 0.225 e. The van der Waals surface area contributed by atoms with Crippen LogP contribution in [0.3, 0.4) is 0 Å². The van der Waals surface area contributed by atoms with E-state index in [2.05, 4.69) is 10.3 Å². The third kappa shape index (κ3) is 4.14. The van der Waals surface area contributed by atoms with Gasteiger partial charge in [-0.3, -0.25) is 4.79 Å². The predicted octanol–water partition coefficient (Wildman–Crippen LogP) is 1.57. The van der Waals surface area contributed by atoms with Gasteiger partial charge in [-0.05, 0) is 36.5 Å². The Morgan fingerprint density at radius 3 is 2.75 bits per heavy atom. The summed E-state index contributed by atoms with van der Waals surface area (Å²) < 4.78 is 7.42. The van der Waals surface area contributed by atoms with E-state index >= 15 is 0 Å². The molecule has 0 bridgehead atoms. The van der Waals surface area contributed by atoms with E-state index in [1.807, 2.05) is 42.1 Å². The highest BCUT2D eigenvalue weighted by molar-refractivity contribution is 5.79. The fraction of sp³-hybridized carbons (Fsp3) is 0.444. The van der Waals surface area contributed by atoms with Crippen LogP contribution in [0.25, 0.3) is 0 Å². The van der Waals surface area contributed by atoms with Crippen LogP contribution >= 0.6 is 0 Å². The van der Waals surface area contributed by atoms with E-state index in [-0.39, 0.29) is 11.9 Å². The third-order valence-electron chi connectivity index (χ3n) is 4.22. The summed E-state index contributed by atoms with van der Waals surface area (Å²) >= 11 is 0. The average Bonchev–Trinajstić information content (AvgIpc) is 3.33. The van der Waals surface area contributed by atoms with Gasteiger partial charge in [0, 0.05) is 26.0 Å². The van der Waals surface area contributed by atoms with Crippen LogP contribution in [0.4, 0.5) is 0 Å². The molecule has 128 valence electrons. The van der Waals surface area contributed by atoms with Crippen LogP contribution in [0.5, 0.6) is 5.75 Å². The van der Waals surface area contributed by atoms with E-state index in [4.69, 9.17) is 10.5 Å². The molecule has 6 heteroatoms. The number of amides is 1. The van der Waals surface area contributed by atoms with Crippen LogP contribution < -0.4 is 15.8 Å². The molecule has 6 nitrogen and oxygen atoms in total. The molecule has 1 amide bonds. The van der Waals surface area contributed by atoms with Crippen molar-refractivity contribution in [3.63, 3.8) is 0 Å². The van der Waals surface area contributed by atoms with Crippen LogP contribution in [0, 0.1) is 5.92 Å². The Balaban J connectivity index is 1.59. The first kappa shape index (κ1) is 16.5. The van der Waals surface area contributed by atoms with Crippen molar-refractivity contribution in [3.05, 3.63) is 48.0 Å². The number of imidazole rings is 1. The van der Waals surface area contributed by atoms with E-state index in [1.165, 1.54) is 0 Å². The second-order valence-electron chi connectivity index (χ2n) is 6.24. The largest absolute Gasteiger partial charge is 0.492 e. The van der Waals surface area contributed by atoms with Crippen LogP contribution in [0.2, 0.25) is 0 Å². The van der Waals surface area contributed by atoms with Gasteiger partial charge in [-0.2, -0.15) is 0 Å². The van der Waals surface area contributed by atoms with Crippen molar-refractivity contribution in [2.24, 2.45) is 18.7 Å². The summed E-state index contributed by atoms with van der Waals surface area (Å²) in [5.41, 5.74) is 6.37. The molecule has 0 spiro atoms. The molecule has 24 heavy (non-hydrogen) atoms. The van der Waals surface area contributed by atoms with Gasteiger partial charge in [-0.25, -0.2) is 4.98 Å². The number of ether oxygens (including phenoxy) is 1. The van der Waals surface area contributed by atoms with Crippen LogP contribution in [-0.4, -0.2) is 28.6 Å². The lowest BCUT2D eigenvalue weighted by molar-refractivity contribution is -0.121. The molecule has 1 heterocycles. The van der Waals surface area contributed by atoms with Gasteiger partial charge >= 0.3 is 0 Å². The lowest BCUT2D eigenvalue weighted by Crippen LogP contribution is -2.32. The standard InChI is InChI=1S/C18H24N4O2/c1-22-10-9-20-18(22)17(14-4-5-14)21-16(23)12-13-2-6-15(7-3-13)24-11-8-19/h2-3,6-7,9-10,14,17H,4-5,8,11-12,19H2,1H3,(H,21,23)/t17-/m1/s1. The molecule has 0 unspecified atom stereocenters. The molecule has 0 saturated heterocycles. The zero-order valence-corrected chi connectivity index (χ0v) is 13.9. The summed E-state index contributed by atoms with van der Waals surface area (Å²) in [5.74, 6) is 2.22. The van der Waals surface area contributed by atoms with Gasteiger partial charge in [0.15, 0.2) is 0 Å². The maximum atomic E-state index is 12.4. The van der Waals surface area contributed by atoms with Gasteiger partial charge in [-0.15, -0.1) is 0 Å². The average molecular weight is 328 g/mol. The minimum absolute atomic E-state index is 0.00432. The molecule has 0 radical (unpaired) electrons. The fourth-order valence-electron chi connectivity index (χ4n) is 2.79. The highest BCUT2D eigenvalue weighted by atomic mass is 16.5. The molecular weight excluding hydrogens is 304 g/mol. The molecule has 1 aliphatic carbocycles. The Kier molecular flexibility index (Phi) is 5.15. The smallest absolute Gasteiger partial charge is 0.225 e. The molecule has 3 N–H and O–H groups in total. The zero-order chi connectivity index (χ0) is 16.9. The van der Waals surface area contributed by atoms with Gasteiger partial charge in [0.05, 0.1) is 12.5 Å². The maximum absolute atomic E-state index is 12.4. The summed E-state index contributed by atoms with van der Waals surface area (Å²) in [6.45, 7) is 0.979. The van der Waals surface area contributed by atoms with E-state index in [9.17, 15) is 4.79 Å². The van der Waals surface area contributed by atoms with Crippen LogP contribution in [-0.2, 0) is 18.3 Å². The SMILES string of the molecule is Cn1ccnc1[C@H](NC(=O)Cc1ccc(OCCN)cc1)C1CC1. The number of nitrogens with zero attached hydrogens (tertiary/aromatic N) is 2. The summed E-state index contributed by atoms with van der Waals surface area (Å²) in [7, 11) is 1.96. The second-order valence-corrected chi connectivity index (χ2v) is 6.24. The Labute approximate surface area is 142 Å². The van der Waals surface area contributed by atoms with Gasteiger partial charge in [-0.1, -0.05) is 12.1 Å². The molecule has 1 aromatic heterocycles. The molecule has 1 aromatic carbocycles. The Hall–Kier alpha value is -2.34. The van der Waals surface area contributed by atoms with E-state index in [0.717, 1.165) is 30.0 Å². The number of aryl methyl sites for hydroxylation is 1. The highest BCUT2D eigenvalue weighted by Gasteiger charge is 2.35. The molecule has 1 fully saturated rings. The number of rotatable bonds is 8. The van der Waals surface area contributed by atoms with E-state index in [1.54, 1.807) is 6.20 Å². The number of nitrogens with two attached hydrogens (primary N) is 1. The van der Waals surface area contributed by atoms with Crippen molar-refractivity contribution < 1.29 is 9.53 Å². The molecule has 0 aliphatic heterocycles. The van der Waals surface area contributed by atoms with Crippen LogP contribution in [0.1, 0.15) is 30.3 Å². The van der Waals surface area contributed by atoms with Gasteiger partial charge < -0.3 is 20.4 Å². The quantitative estimate of drug-likeness (QED) is 0.770. The van der Waals surface area contributed by atoms with Crippen molar-refractivity contribution in [2.75, 3.05) is 13.2 Å². The first-order chi connectivity index (χ1) is 11.7. The summed E-state index contributed by atoms with van der Waals surface area (Å²) in [6.07, 6.45) is 6.33. The van der Waals surface area contributed by atoms with Crippen molar-refractivity contribution in [1.29, 1.82) is 0 Å². The van der Waals surface area contributed by atoms with E-state index in [0.29, 0.717) is 25.5 Å². The highest BCUT2D eigenvalue weighted by Crippen LogP contribution is 2.40. The molecule has 1 saturated carbocycles. The number of hydrogen-bond acceptors (Lipinski definition) is 4. The van der Waals surface area contributed by atoms with Crippen molar-refractivity contribution >= 4 is 5.91 Å². The number of aromatic nitrogens is 2. The minimum Gasteiger partial charge on any atom is -0.492 e. The molecule has 1 atom stereocenters.